The van der Waals surface area contributed by atoms with Crippen LogP contribution in [-0.4, -0.2) is 24.0 Å². The molecule has 1 amide bonds. The number of carboxylic acid groups (broad SMARTS) is 1. The summed E-state index contributed by atoms with van der Waals surface area (Å²) in [7, 11) is 1.46. The van der Waals surface area contributed by atoms with Crippen LogP contribution in [0.5, 0.6) is 0 Å². The number of thiophene rings is 1. The highest BCUT2D eigenvalue weighted by molar-refractivity contribution is 7.12. The molecule has 0 spiro atoms. The van der Waals surface area contributed by atoms with E-state index >= 15 is 0 Å². The first-order valence-corrected chi connectivity index (χ1v) is 4.07. The van der Waals surface area contributed by atoms with Gasteiger partial charge in [-0.15, -0.1) is 11.3 Å². The lowest BCUT2D eigenvalue weighted by Gasteiger charge is -1.96. The van der Waals surface area contributed by atoms with Crippen LogP contribution in [0.1, 0.15) is 20.0 Å². The Bertz CT molecular complexity index is 318. The Hall–Kier alpha value is -1.36. The molecule has 4 nitrogen and oxygen atoms in total. The van der Waals surface area contributed by atoms with Crippen molar-refractivity contribution in [1.82, 2.24) is 5.32 Å². The van der Waals surface area contributed by atoms with E-state index in [1.807, 2.05) is 0 Å². The van der Waals surface area contributed by atoms with Gasteiger partial charge in [0, 0.05) is 7.05 Å². The molecular formula is C7H7NO3S. The normalized spacial score (nSPS) is 9.42. The third-order valence-corrected chi connectivity index (χ3v) is 2.23. The third kappa shape index (κ3) is 1.45. The van der Waals surface area contributed by atoms with E-state index in [1.165, 1.54) is 13.1 Å². The summed E-state index contributed by atoms with van der Waals surface area (Å²) in [6, 6.07) is 1.49. The smallest absolute Gasteiger partial charge is 0.346 e. The second-order valence-electron chi connectivity index (χ2n) is 2.05. The van der Waals surface area contributed by atoms with Crippen molar-refractivity contribution in [3.8, 4) is 0 Å². The molecule has 5 heteroatoms. The van der Waals surface area contributed by atoms with Gasteiger partial charge in [0.15, 0.2) is 0 Å². The van der Waals surface area contributed by atoms with Gasteiger partial charge < -0.3 is 10.4 Å². The van der Waals surface area contributed by atoms with Gasteiger partial charge in [-0.2, -0.15) is 0 Å². The largest absolute Gasteiger partial charge is 0.477 e. The van der Waals surface area contributed by atoms with Gasteiger partial charge in [-0.25, -0.2) is 4.79 Å². The molecule has 0 bridgehead atoms. The van der Waals surface area contributed by atoms with Crippen molar-refractivity contribution in [3.63, 3.8) is 0 Å². The number of rotatable bonds is 2. The van der Waals surface area contributed by atoms with Crippen molar-refractivity contribution in [1.29, 1.82) is 0 Å². The molecule has 1 heterocycles. The van der Waals surface area contributed by atoms with E-state index in [0.717, 1.165) is 11.3 Å². The molecule has 0 radical (unpaired) electrons. The van der Waals surface area contributed by atoms with Crippen molar-refractivity contribution in [3.05, 3.63) is 21.9 Å². The molecule has 1 aromatic rings. The van der Waals surface area contributed by atoms with Gasteiger partial charge in [-0.05, 0) is 11.4 Å². The van der Waals surface area contributed by atoms with E-state index in [-0.39, 0.29) is 16.3 Å². The zero-order valence-electron chi connectivity index (χ0n) is 6.33. The van der Waals surface area contributed by atoms with Crippen molar-refractivity contribution in [2.45, 2.75) is 0 Å². The first-order chi connectivity index (χ1) is 5.66. The van der Waals surface area contributed by atoms with Crippen molar-refractivity contribution in [2.24, 2.45) is 0 Å². The maximum Gasteiger partial charge on any atom is 0.346 e. The van der Waals surface area contributed by atoms with E-state index in [4.69, 9.17) is 5.11 Å². The summed E-state index contributed by atoms with van der Waals surface area (Å²) in [5.41, 5.74) is 0.218. The molecule has 1 rings (SSSR count). The summed E-state index contributed by atoms with van der Waals surface area (Å²) in [5, 5.41) is 12.6. The summed E-state index contributed by atoms with van der Waals surface area (Å²) in [5.74, 6) is -1.43. The topological polar surface area (TPSA) is 66.4 Å². The fourth-order valence-corrected chi connectivity index (χ4v) is 1.52. The van der Waals surface area contributed by atoms with Crippen LogP contribution < -0.4 is 5.32 Å². The van der Waals surface area contributed by atoms with E-state index in [9.17, 15) is 9.59 Å². The van der Waals surface area contributed by atoms with Crippen LogP contribution in [0.3, 0.4) is 0 Å². The molecule has 0 aliphatic carbocycles. The minimum atomic E-state index is -1.07. The van der Waals surface area contributed by atoms with Crippen LogP contribution in [-0.2, 0) is 0 Å². The molecule has 0 aromatic carbocycles. The Labute approximate surface area is 72.8 Å². The Kier molecular flexibility index (Phi) is 2.44. The van der Waals surface area contributed by atoms with Crippen LogP contribution in [0.15, 0.2) is 11.4 Å². The van der Waals surface area contributed by atoms with Gasteiger partial charge in [0.05, 0.1) is 5.56 Å². The number of amides is 1. The SMILES string of the molecule is CNC(=O)c1ccsc1C(=O)O. The molecule has 0 saturated carbocycles. The van der Waals surface area contributed by atoms with Crippen LogP contribution in [0.2, 0.25) is 0 Å². The first-order valence-electron chi connectivity index (χ1n) is 3.19. The second kappa shape index (κ2) is 3.36. The van der Waals surface area contributed by atoms with E-state index in [2.05, 4.69) is 5.32 Å². The standard InChI is InChI=1S/C7H7NO3S/c1-8-6(9)4-2-3-12-5(4)7(10)11/h2-3H,1H3,(H,8,9)(H,10,11). The fraction of sp³-hybridized carbons (Fsp3) is 0.143. The summed E-state index contributed by atoms with van der Waals surface area (Å²) < 4.78 is 0. The minimum Gasteiger partial charge on any atom is -0.477 e. The van der Waals surface area contributed by atoms with Crippen molar-refractivity contribution >= 4 is 23.2 Å². The zero-order valence-corrected chi connectivity index (χ0v) is 7.14. The number of hydrogen-bond acceptors (Lipinski definition) is 3. The number of nitrogens with one attached hydrogen (secondary N) is 1. The molecule has 0 atom stereocenters. The quantitative estimate of drug-likeness (QED) is 0.716. The van der Waals surface area contributed by atoms with Crippen molar-refractivity contribution in [2.75, 3.05) is 7.05 Å². The van der Waals surface area contributed by atoms with Gasteiger partial charge in [-0.3, -0.25) is 4.79 Å². The molecule has 0 saturated heterocycles. The Morgan fingerprint density at radius 3 is 2.75 bits per heavy atom. The van der Waals surface area contributed by atoms with Gasteiger partial charge in [0.1, 0.15) is 4.88 Å². The third-order valence-electron chi connectivity index (χ3n) is 1.33. The molecule has 0 aliphatic rings. The van der Waals surface area contributed by atoms with Crippen molar-refractivity contribution < 1.29 is 14.7 Å². The summed E-state index contributed by atoms with van der Waals surface area (Å²) >= 11 is 1.04. The lowest BCUT2D eigenvalue weighted by molar-refractivity contribution is 0.0697. The highest BCUT2D eigenvalue weighted by atomic mass is 32.1. The summed E-state index contributed by atoms with van der Waals surface area (Å²) in [6.45, 7) is 0. The Morgan fingerprint density at radius 1 is 1.58 bits per heavy atom. The van der Waals surface area contributed by atoms with E-state index < -0.39 is 5.97 Å². The molecule has 0 fully saturated rings. The maximum atomic E-state index is 11.0. The summed E-state index contributed by atoms with van der Waals surface area (Å²) in [4.78, 5) is 21.6. The number of carbonyl (C=O) groups is 2. The summed E-state index contributed by atoms with van der Waals surface area (Å²) in [6.07, 6.45) is 0. The highest BCUT2D eigenvalue weighted by Crippen LogP contribution is 2.16. The van der Waals surface area contributed by atoms with Gasteiger partial charge >= 0.3 is 5.97 Å². The van der Waals surface area contributed by atoms with Gasteiger partial charge in [-0.1, -0.05) is 0 Å². The fourth-order valence-electron chi connectivity index (χ4n) is 0.788. The molecule has 64 valence electrons. The molecule has 12 heavy (non-hydrogen) atoms. The average Bonchev–Trinajstić information content (AvgIpc) is 2.50. The maximum absolute atomic E-state index is 11.0. The van der Waals surface area contributed by atoms with E-state index in [1.54, 1.807) is 5.38 Å². The lowest BCUT2D eigenvalue weighted by Crippen LogP contribution is -2.19. The van der Waals surface area contributed by atoms with Crippen LogP contribution in [0.4, 0.5) is 0 Å². The average molecular weight is 185 g/mol. The molecule has 0 aliphatic heterocycles. The second-order valence-corrected chi connectivity index (χ2v) is 2.96. The molecule has 0 unspecified atom stereocenters. The monoisotopic (exact) mass is 185 g/mol. The molecular weight excluding hydrogens is 178 g/mol. The molecule has 2 N–H and O–H groups in total. The molecule has 1 aromatic heterocycles. The van der Waals surface area contributed by atoms with Crippen LogP contribution in [0, 0.1) is 0 Å². The van der Waals surface area contributed by atoms with Gasteiger partial charge in [0.2, 0.25) is 0 Å². The van der Waals surface area contributed by atoms with E-state index in [0.29, 0.717) is 0 Å². The predicted molar refractivity (Wildman–Crippen MR) is 44.7 cm³/mol. The first kappa shape index (κ1) is 8.73. The lowest BCUT2D eigenvalue weighted by atomic mass is 10.2. The number of carbonyl (C=O) groups excluding carboxylic acids is 1. The number of carboxylic acids is 1. The van der Waals surface area contributed by atoms with Crippen LogP contribution >= 0.6 is 11.3 Å². The Balaban J connectivity index is 3.07. The highest BCUT2D eigenvalue weighted by Gasteiger charge is 2.16. The van der Waals surface area contributed by atoms with Gasteiger partial charge in [0.25, 0.3) is 5.91 Å². The predicted octanol–water partition coefficient (Wildman–Crippen LogP) is 0.806. The van der Waals surface area contributed by atoms with Crippen LogP contribution in [0.25, 0.3) is 0 Å². The number of hydrogen-bond donors (Lipinski definition) is 2. The minimum absolute atomic E-state index is 0.0781. The zero-order chi connectivity index (χ0) is 9.14. The number of aromatic carboxylic acids is 1. The Morgan fingerprint density at radius 2 is 2.25 bits per heavy atom.